The lowest BCUT2D eigenvalue weighted by molar-refractivity contribution is -0.126. The van der Waals surface area contributed by atoms with Crippen LogP contribution in [0.4, 0.5) is 10.1 Å². The molecule has 2 saturated carbocycles. The minimum Gasteiger partial charge on any atom is -0.324 e. The molecule has 3 nitrogen and oxygen atoms in total. The van der Waals surface area contributed by atoms with Gasteiger partial charge in [-0.1, -0.05) is 12.8 Å². The van der Waals surface area contributed by atoms with Crippen LogP contribution in [0.25, 0.3) is 0 Å². The lowest BCUT2D eigenvalue weighted by atomic mass is 9.79. The highest BCUT2D eigenvalue weighted by Crippen LogP contribution is 2.54. The van der Waals surface area contributed by atoms with Crippen molar-refractivity contribution in [1.29, 1.82) is 0 Å². The SMILES string of the molecule is O=C(Nc1ccc(F)nc1)C12CCCC1CCC2. The number of pyridine rings is 1. The predicted molar refractivity (Wildman–Crippen MR) is 66.4 cm³/mol. The predicted octanol–water partition coefficient (Wildman–Crippen LogP) is 3.13. The van der Waals surface area contributed by atoms with Gasteiger partial charge < -0.3 is 5.32 Å². The van der Waals surface area contributed by atoms with Gasteiger partial charge in [-0.05, 0) is 43.7 Å². The number of nitrogens with one attached hydrogen (secondary N) is 1. The van der Waals surface area contributed by atoms with Crippen LogP contribution in [0.15, 0.2) is 18.3 Å². The molecule has 3 rings (SSSR count). The summed E-state index contributed by atoms with van der Waals surface area (Å²) in [6.45, 7) is 0. The highest BCUT2D eigenvalue weighted by molar-refractivity contribution is 5.95. The first-order valence-electron chi connectivity index (χ1n) is 6.64. The molecule has 1 aromatic rings. The zero-order chi connectivity index (χ0) is 12.6. The number of aromatic nitrogens is 1. The van der Waals surface area contributed by atoms with Gasteiger partial charge in [0.1, 0.15) is 0 Å². The highest BCUT2D eigenvalue weighted by atomic mass is 19.1. The first-order valence-corrected chi connectivity index (χ1v) is 6.64. The molecule has 0 aliphatic heterocycles. The maximum Gasteiger partial charge on any atom is 0.230 e. The number of nitrogens with zero attached hydrogens (tertiary/aromatic N) is 1. The van der Waals surface area contributed by atoms with Crippen molar-refractivity contribution in [2.45, 2.75) is 38.5 Å². The van der Waals surface area contributed by atoms with Crippen molar-refractivity contribution >= 4 is 11.6 Å². The molecule has 18 heavy (non-hydrogen) atoms. The van der Waals surface area contributed by atoms with Gasteiger partial charge in [-0.3, -0.25) is 4.79 Å². The van der Waals surface area contributed by atoms with E-state index in [1.165, 1.54) is 25.1 Å². The molecule has 0 aromatic carbocycles. The van der Waals surface area contributed by atoms with E-state index in [9.17, 15) is 9.18 Å². The number of amides is 1. The molecule has 0 bridgehead atoms. The van der Waals surface area contributed by atoms with Gasteiger partial charge in [0, 0.05) is 0 Å². The second-order valence-electron chi connectivity index (χ2n) is 5.46. The molecule has 1 N–H and O–H groups in total. The Labute approximate surface area is 106 Å². The van der Waals surface area contributed by atoms with E-state index in [0.717, 1.165) is 25.7 Å². The summed E-state index contributed by atoms with van der Waals surface area (Å²) in [4.78, 5) is 16.0. The van der Waals surface area contributed by atoms with Crippen molar-refractivity contribution in [2.24, 2.45) is 11.3 Å². The quantitative estimate of drug-likeness (QED) is 0.817. The van der Waals surface area contributed by atoms with Crippen molar-refractivity contribution in [3.05, 3.63) is 24.3 Å². The van der Waals surface area contributed by atoms with Crippen molar-refractivity contribution < 1.29 is 9.18 Å². The van der Waals surface area contributed by atoms with Crippen LogP contribution in [0.3, 0.4) is 0 Å². The molecule has 2 aliphatic carbocycles. The Morgan fingerprint density at radius 1 is 1.33 bits per heavy atom. The van der Waals surface area contributed by atoms with E-state index in [-0.39, 0.29) is 11.3 Å². The maximum atomic E-state index is 12.7. The summed E-state index contributed by atoms with van der Waals surface area (Å²) in [5, 5.41) is 2.91. The first-order chi connectivity index (χ1) is 8.71. The third-order valence-electron chi connectivity index (χ3n) is 4.57. The minimum absolute atomic E-state index is 0.107. The molecule has 1 heterocycles. The van der Waals surface area contributed by atoms with E-state index >= 15 is 0 Å². The number of hydrogen-bond acceptors (Lipinski definition) is 2. The molecule has 2 fully saturated rings. The number of hydrogen-bond donors (Lipinski definition) is 1. The molecule has 0 spiro atoms. The summed E-state index contributed by atoms with van der Waals surface area (Å²) in [6.07, 6.45) is 8.03. The lowest BCUT2D eigenvalue weighted by Gasteiger charge is -2.27. The van der Waals surface area contributed by atoms with Crippen LogP contribution in [-0.4, -0.2) is 10.9 Å². The lowest BCUT2D eigenvalue weighted by Crippen LogP contribution is -2.36. The summed E-state index contributed by atoms with van der Waals surface area (Å²) in [6, 6.07) is 2.84. The molecule has 1 aromatic heterocycles. The van der Waals surface area contributed by atoms with Crippen molar-refractivity contribution in [3.63, 3.8) is 0 Å². The molecule has 0 saturated heterocycles. The van der Waals surface area contributed by atoms with Gasteiger partial charge in [0.2, 0.25) is 11.9 Å². The molecule has 4 heteroatoms. The summed E-state index contributed by atoms with van der Waals surface area (Å²) in [5.41, 5.74) is 0.433. The minimum atomic E-state index is -0.522. The van der Waals surface area contributed by atoms with Gasteiger partial charge in [0.15, 0.2) is 0 Å². The van der Waals surface area contributed by atoms with Crippen LogP contribution in [0.5, 0.6) is 0 Å². The van der Waals surface area contributed by atoms with Gasteiger partial charge in [0.25, 0.3) is 0 Å². The van der Waals surface area contributed by atoms with Gasteiger partial charge in [-0.2, -0.15) is 4.39 Å². The molecular formula is C14H17FN2O. The average Bonchev–Trinajstić information content (AvgIpc) is 2.91. The van der Waals surface area contributed by atoms with E-state index in [1.54, 1.807) is 6.07 Å². The molecule has 96 valence electrons. The number of halogens is 1. The van der Waals surface area contributed by atoms with E-state index < -0.39 is 5.95 Å². The van der Waals surface area contributed by atoms with Gasteiger partial charge in [-0.15, -0.1) is 0 Å². The molecule has 2 aliphatic rings. The van der Waals surface area contributed by atoms with E-state index in [2.05, 4.69) is 10.3 Å². The number of fused-ring (bicyclic) bond motifs is 1. The van der Waals surface area contributed by atoms with Crippen molar-refractivity contribution in [1.82, 2.24) is 4.98 Å². The van der Waals surface area contributed by atoms with Crippen molar-refractivity contribution in [2.75, 3.05) is 5.32 Å². The fraction of sp³-hybridized carbons (Fsp3) is 0.571. The molecule has 0 radical (unpaired) electrons. The number of rotatable bonds is 2. The topological polar surface area (TPSA) is 42.0 Å². The van der Waals surface area contributed by atoms with E-state index in [1.807, 2.05) is 0 Å². The van der Waals surface area contributed by atoms with Gasteiger partial charge in [0.05, 0.1) is 17.3 Å². The Morgan fingerprint density at radius 2 is 2.06 bits per heavy atom. The molecular weight excluding hydrogens is 231 g/mol. The van der Waals surface area contributed by atoms with Crippen LogP contribution in [0, 0.1) is 17.3 Å². The summed E-state index contributed by atoms with van der Waals surface area (Å²) >= 11 is 0. The number of anilines is 1. The Kier molecular flexibility index (Phi) is 2.80. The standard InChI is InChI=1S/C14H17FN2O/c15-12-6-5-11(9-16-12)17-13(18)14-7-1-3-10(14)4-2-8-14/h5-6,9-10H,1-4,7-8H2,(H,17,18). The highest BCUT2D eigenvalue weighted by Gasteiger charge is 2.51. The van der Waals surface area contributed by atoms with Crippen LogP contribution < -0.4 is 5.32 Å². The average molecular weight is 248 g/mol. The second-order valence-corrected chi connectivity index (χ2v) is 5.46. The third kappa shape index (κ3) is 1.80. The second kappa shape index (κ2) is 4.34. The Balaban J connectivity index is 1.77. The third-order valence-corrected chi connectivity index (χ3v) is 4.57. The summed E-state index contributed by atoms with van der Waals surface area (Å²) < 4.78 is 12.7. The first kappa shape index (κ1) is 11.6. The van der Waals surface area contributed by atoms with E-state index in [0.29, 0.717) is 11.6 Å². The smallest absolute Gasteiger partial charge is 0.230 e. The maximum absolute atomic E-state index is 12.7. The largest absolute Gasteiger partial charge is 0.324 e. The summed E-state index contributed by atoms with van der Waals surface area (Å²) in [5.74, 6) is 0.132. The normalized spacial score (nSPS) is 30.2. The molecule has 0 unspecified atom stereocenters. The Hall–Kier alpha value is -1.45. The Bertz CT molecular complexity index is 447. The fourth-order valence-corrected chi connectivity index (χ4v) is 3.68. The number of carbonyl (C=O) groups is 1. The van der Waals surface area contributed by atoms with Crippen LogP contribution >= 0.6 is 0 Å². The van der Waals surface area contributed by atoms with Crippen molar-refractivity contribution in [3.8, 4) is 0 Å². The molecule has 1 amide bonds. The van der Waals surface area contributed by atoms with Crippen LogP contribution in [0.2, 0.25) is 0 Å². The van der Waals surface area contributed by atoms with Gasteiger partial charge in [-0.25, -0.2) is 4.98 Å². The zero-order valence-electron chi connectivity index (χ0n) is 10.3. The fourth-order valence-electron chi connectivity index (χ4n) is 3.68. The van der Waals surface area contributed by atoms with E-state index in [4.69, 9.17) is 0 Å². The van der Waals surface area contributed by atoms with Crippen LogP contribution in [-0.2, 0) is 4.79 Å². The number of carbonyl (C=O) groups excluding carboxylic acids is 1. The van der Waals surface area contributed by atoms with Gasteiger partial charge >= 0.3 is 0 Å². The Morgan fingerprint density at radius 3 is 2.67 bits per heavy atom. The monoisotopic (exact) mass is 248 g/mol. The van der Waals surface area contributed by atoms with Crippen LogP contribution in [0.1, 0.15) is 38.5 Å². The molecule has 0 atom stereocenters. The summed E-state index contributed by atoms with van der Waals surface area (Å²) in [7, 11) is 0. The zero-order valence-corrected chi connectivity index (χ0v) is 10.3.